The van der Waals surface area contributed by atoms with Crippen LogP contribution in [0.15, 0.2) is 0 Å². The number of nitrogens with one attached hydrogen (secondary N) is 3. The van der Waals surface area contributed by atoms with E-state index < -0.39 is 272 Å². The summed E-state index contributed by atoms with van der Waals surface area (Å²) in [5, 5.41) is 213. The Kier molecular flexibility index (Phi) is 25.0. The van der Waals surface area contributed by atoms with E-state index in [0.29, 0.717) is 0 Å². The summed E-state index contributed by atoms with van der Waals surface area (Å²) in [5.74, 6) is -2.54. The highest BCUT2D eigenvalue weighted by molar-refractivity contribution is 5.74. The van der Waals surface area contributed by atoms with Gasteiger partial charge < -0.3 is 175 Å². The van der Waals surface area contributed by atoms with Gasteiger partial charge in [-0.25, -0.2) is 0 Å². The van der Waals surface area contributed by atoms with Gasteiger partial charge in [0.1, 0.15) is 165 Å². The summed E-state index contributed by atoms with van der Waals surface area (Å²) in [5.41, 5.74) is 0. The van der Waals surface area contributed by atoms with E-state index in [2.05, 4.69) is 16.0 Å². The Balaban J connectivity index is 1.17. The summed E-state index contributed by atoms with van der Waals surface area (Å²) in [4.78, 5) is 38.1. The molecule has 0 aliphatic carbocycles. The lowest BCUT2D eigenvalue weighted by molar-refractivity contribution is -0.388. The summed E-state index contributed by atoms with van der Waals surface area (Å²) >= 11 is 0. The molecule has 7 fully saturated rings. The van der Waals surface area contributed by atoms with E-state index in [1.54, 1.807) is 0 Å². The van der Waals surface area contributed by atoms with Crippen molar-refractivity contribution in [2.45, 2.75) is 242 Å². The van der Waals surface area contributed by atoms with Crippen LogP contribution in [0.3, 0.4) is 0 Å². The average Bonchev–Trinajstić information content (AvgIpc) is 1.39. The minimum Gasteiger partial charge on any atom is -0.394 e. The third-order valence-corrected chi connectivity index (χ3v) is 15.7. The highest BCUT2D eigenvalue weighted by Crippen LogP contribution is 2.38. The van der Waals surface area contributed by atoms with E-state index in [0.717, 1.165) is 20.8 Å². The van der Waals surface area contributed by atoms with Crippen LogP contribution in [0.25, 0.3) is 0 Å². The zero-order valence-electron chi connectivity index (χ0n) is 46.5. The van der Waals surface area contributed by atoms with Crippen molar-refractivity contribution in [3.05, 3.63) is 0 Å². The second-order valence-electron chi connectivity index (χ2n) is 21.8. The van der Waals surface area contributed by atoms with Crippen LogP contribution in [-0.4, -0.2) is 369 Å². The van der Waals surface area contributed by atoms with Crippen LogP contribution in [0.1, 0.15) is 27.7 Å². The van der Waals surface area contributed by atoms with E-state index in [1.807, 2.05) is 0 Å². The van der Waals surface area contributed by atoms with Crippen molar-refractivity contribution >= 4 is 17.7 Å². The van der Waals surface area contributed by atoms with Gasteiger partial charge in [0.25, 0.3) is 0 Å². The first-order valence-electron chi connectivity index (χ1n) is 27.5. The first kappa shape index (κ1) is 70.6. The van der Waals surface area contributed by atoms with E-state index in [-0.39, 0.29) is 0 Å². The maximum atomic E-state index is 13.2. The van der Waals surface area contributed by atoms with Gasteiger partial charge in [-0.05, 0) is 6.92 Å². The molecular formula is C48H81N3O35. The van der Waals surface area contributed by atoms with Crippen molar-refractivity contribution in [1.29, 1.82) is 0 Å². The fourth-order valence-corrected chi connectivity index (χ4v) is 11.0. The number of amides is 3. The van der Waals surface area contributed by atoms with Crippen molar-refractivity contribution in [3.8, 4) is 0 Å². The lowest BCUT2D eigenvalue weighted by atomic mass is 9.93. The van der Waals surface area contributed by atoms with Gasteiger partial charge >= 0.3 is 0 Å². The lowest BCUT2D eigenvalue weighted by Crippen LogP contribution is -2.71. The van der Waals surface area contributed by atoms with Gasteiger partial charge in [-0.3, -0.25) is 14.4 Å². The Hall–Kier alpha value is -2.87. The molecule has 0 spiro atoms. The molecule has 0 aromatic rings. The highest BCUT2D eigenvalue weighted by Gasteiger charge is 2.59. The quantitative estimate of drug-likeness (QED) is 0.0507. The fraction of sp³-hybridized carbons (Fsp3) is 0.938. The number of carbonyl (C=O) groups is 3. The highest BCUT2D eigenvalue weighted by atomic mass is 16.8. The number of carbonyl (C=O) groups excluding carboxylic acids is 3. The maximum Gasteiger partial charge on any atom is 0.217 e. The Morgan fingerprint density at radius 2 is 0.698 bits per heavy atom. The van der Waals surface area contributed by atoms with Crippen LogP contribution in [0.5, 0.6) is 0 Å². The van der Waals surface area contributed by atoms with Gasteiger partial charge in [-0.2, -0.15) is 0 Å². The third kappa shape index (κ3) is 15.4. The average molecular weight is 1260 g/mol. The SMILES string of the molecule is CC(=O)N[C@H]1[C@H](O[C@H]2[C@@H](O)[C@@H](CO)O[C@@H](O[C@H]3[C@H](O[C@@H]4O[C@@H](C)[C@@H](O)[C@@H](O)[C@@H]4O)[C@@H](NC(C)=O)[C@H](OC[C@H]4OC(O)[C@H](NC(C)=O)[C@@H](O[C@@H]5O[C@H](CO)[C@H](O)[C@H](O)[C@H]5O)[C@H]4O)O[C@@H]3CO)[C@@H]2O)O[C@H](CO)[C@@H](O[C@@H]2O[C@H](CO)[C@H](O)[C@H](O)[C@H]2O)[C@@H]1O. The zero-order valence-corrected chi connectivity index (χ0v) is 46.5. The fourth-order valence-electron chi connectivity index (χ4n) is 11.0. The molecule has 3 amide bonds. The molecular weight excluding hydrogens is 1180 g/mol. The van der Waals surface area contributed by atoms with Crippen LogP contribution < -0.4 is 16.0 Å². The number of aliphatic hydroxyl groups is 19. The molecule has 38 nitrogen and oxygen atoms in total. The van der Waals surface area contributed by atoms with Crippen molar-refractivity contribution in [2.75, 3.05) is 39.6 Å². The minimum absolute atomic E-state index is 0.793. The molecule has 0 aromatic heterocycles. The Morgan fingerprint density at radius 3 is 1.21 bits per heavy atom. The number of hydrogen-bond acceptors (Lipinski definition) is 35. The molecule has 7 rings (SSSR count). The van der Waals surface area contributed by atoms with Crippen LogP contribution in [0, 0.1) is 0 Å². The summed E-state index contributed by atoms with van der Waals surface area (Å²) in [7, 11) is 0. The maximum absolute atomic E-state index is 13.2. The summed E-state index contributed by atoms with van der Waals surface area (Å²) in [6.45, 7) is -1.61. The number of hydrogen-bond donors (Lipinski definition) is 22. The summed E-state index contributed by atoms with van der Waals surface area (Å²) < 4.78 is 76.2. The minimum atomic E-state index is -2.31. The number of ether oxygens (including phenoxy) is 13. The third-order valence-electron chi connectivity index (χ3n) is 15.7. The van der Waals surface area contributed by atoms with Gasteiger partial charge in [0.15, 0.2) is 44.0 Å². The van der Waals surface area contributed by atoms with Crippen molar-refractivity contribution in [1.82, 2.24) is 16.0 Å². The molecule has 7 aliphatic rings. The van der Waals surface area contributed by atoms with E-state index in [9.17, 15) is 111 Å². The largest absolute Gasteiger partial charge is 0.394 e. The second kappa shape index (κ2) is 30.5. The molecule has 0 radical (unpaired) electrons. The molecule has 86 heavy (non-hydrogen) atoms. The van der Waals surface area contributed by atoms with Crippen molar-refractivity contribution < 1.29 is 173 Å². The first-order chi connectivity index (χ1) is 40.6. The van der Waals surface area contributed by atoms with E-state index in [4.69, 9.17) is 61.6 Å². The molecule has 1 unspecified atom stereocenters. The molecule has 22 N–H and O–H groups in total. The smallest absolute Gasteiger partial charge is 0.217 e. The molecule has 38 heteroatoms. The molecule has 0 aromatic carbocycles. The van der Waals surface area contributed by atoms with Crippen LogP contribution >= 0.6 is 0 Å². The molecule has 498 valence electrons. The van der Waals surface area contributed by atoms with Gasteiger partial charge in [0, 0.05) is 20.8 Å². The predicted octanol–water partition coefficient (Wildman–Crippen LogP) is -14.8. The van der Waals surface area contributed by atoms with Gasteiger partial charge in [-0.1, -0.05) is 0 Å². The van der Waals surface area contributed by atoms with Gasteiger partial charge in [0.05, 0.1) is 45.7 Å². The lowest BCUT2D eigenvalue weighted by Gasteiger charge is -2.51. The molecule has 7 aliphatic heterocycles. The predicted molar refractivity (Wildman–Crippen MR) is 265 cm³/mol. The monoisotopic (exact) mass is 1260 g/mol. The first-order valence-corrected chi connectivity index (χ1v) is 27.5. The standard InChI is InChI=1S/C48H81N3O35/c1-11-24(60)30(66)33(69)45(75-11)85-40-23(51-14(4)59)43(74-10-20-28(64)39(22(42(73)76-20)50-13(3)58)84-47-35(71)32(68)26(62)16(6-53)78-47)80-19(9-56)38(40)83-48-36(72)41(27(63)17(7-54)79-48)86-44-21(49-12(2)57)29(65)37(18(8-55)81-44)82-46-34(70)31(67)25(61)15(5-52)77-46/h11,15-48,52-56,60-73H,5-10H2,1-4H3,(H,49,57)(H,50,58)(H,51,59)/t11-,15+,16+,17+,18+,19+,20+,21+,22+,23+,24+,25-,26-,27-,28-,29+,30+,31-,32-,33-,34+,35+,36+,37+,38+,39+,40+,41-,42?,43+,44-,45-,46-,47-,48-/m0/s1. The molecule has 35 atom stereocenters. The molecule has 7 heterocycles. The molecule has 0 bridgehead atoms. The van der Waals surface area contributed by atoms with E-state index in [1.165, 1.54) is 6.92 Å². The topological polar surface area (TPSA) is 592 Å². The van der Waals surface area contributed by atoms with Gasteiger partial charge in [0.2, 0.25) is 17.7 Å². The van der Waals surface area contributed by atoms with Crippen LogP contribution in [0.4, 0.5) is 0 Å². The Morgan fingerprint density at radius 1 is 0.326 bits per heavy atom. The van der Waals surface area contributed by atoms with Crippen molar-refractivity contribution in [3.63, 3.8) is 0 Å². The Bertz CT molecular complexity index is 2170. The molecule has 0 saturated carbocycles. The molecule has 7 saturated heterocycles. The van der Waals surface area contributed by atoms with Crippen molar-refractivity contribution in [2.24, 2.45) is 0 Å². The number of aliphatic hydroxyl groups excluding tert-OH is 19. The van der Waals surface area contributed by atoms with Crippen LogP contribution in [0.2, 0.25) is 0 Å². The van der Waals surface area contributed by atoms with Crippen LogP contribution in [-0.2, 0) is 76.0 Å². The summed E-state index contributed by atoms with van der Waals surface area (Å²) in [6, 6.07) is -5.26. The van der Waals surface area contributed by atoms with Gasteiger partial charge in [-0.15, -0.1) is 0 Å². The number of rotatable bonds is 21. The van der Waals surface area contributed by atoms with E-state index >= 15 is 0 Å². The second-order valence-corrected chi connectivity index (χ2v) is 21.8. The Labute approximate surface area is 488 Å². The normalized spacial score (nSPS) is 49.4. The zero-order chi connectivity index (χ0) is 63.5. The summed E-state index contributed by atoms with van der Waals surface area (Å²) in [6.07, 6.45) is -60.9.